The minimum absolute atomic E-state index is 0.0242. The Bertz CT molecular complexity index is 237. The van der Waals surface area contributed by atoms with Crippen molar-refractivity contribution in [3.8, 4) is 0 Å². The van der Waals surface area contributed by atoms with Gasteiger partial charge in [0.05, 0.1) is 6.04 Å². The number of hydrogen-bond donors (Lipinski definition) is 2. The zero-order valence-corrected chi connectivity index (χ0v) is 11.4. The first-order valence-electron chi connectivity index (χ1n) is 6.79. The highest BCUT2D eigenvalue weighted by Gasteiger charge is 2.20. The van der Waals surface area contributed by atoms with E-state index in [1.54, 1.807) is 0 Å². The van der Waals surface area contributed by atoms with Crippen molar-refractivity contribution in [3.63, 3.8) is 0 Å². The topological polar surface area (TPSA) is 58.4 Å². The van der Waals surface area contributed by atoms with Crippen LogP contribution in [0.3, 0.4) is 0 Å². The fourth-order valence-corrected chi connectivity index (χ4v) is 2.16. The van der Waals surface area contributed by atoms with Gasteiger partial charge in [-0.2, -0.15) is 0 Å². The van der Waals surface area contributed by atoms with Crippen LogP contribution < -0.4 is 11.1 Å². The number of rotatable bonds is 5. The molecule has 0 radical (unpaired) electrons. The lowest BCUT2D eigenvalue weighted by molar-refractivity contribution is -0.123. The molecule has 0 aromatic carbocycles. The summed E-state index contributed by atoms with van der Waals surface area (Å²) in [7, 11) is 0. The molecule has 17 heavy (non-hydrogen) atoms. The van der Waals surface area contributed by atoms with Crippen LogP contribution in [0.2, 0.25) is 0 Å². The summed E-state index contributed by atoms with van der Waals surface area (Å²) in [4.78, 5) is 14.2. The molecule has 1 aliphatic heterocycles. The largest absolute Gasteiger partial charge is 0.353 e. The third-order valence-electron chi connectivity index (χ3n) is 3.61. The van der Waals surface area contributed by atoms with Crippen molar-refractivity contribution in [1.82, 2.24) is 10.2 Å². The zero-order chi connectivity index (χ0) is 12.8. The quantitative estimate of drug-likeness (QED) is 0.754. The smallest absolute Gasteiger partial charge is 0.237 e. The van der Waals surface area contributed by atoms with E-state index in [9.17, 15) is 4.79 Å². The monoisotopic (exact) mass is 241 g/mol. The zero-order valence-electron chi connectivity index (χ0n) is 11.4. The Morgan fingerprint density at radius 2 is 1.82 bits per heavy atom. The second-order valence-electron chi connectivity index (χ2n) is 5.46. The average Bonchev–Trinajstić information content (AvgIpc) is 2.35. The van der Waals surface area contributed by atoms with Gasteiger partial charge >= 0.3 is 0 Å². The SMILES string of the molecule is CC(C)C(N)C(=O)NCC(C)N1CCCCC1. The molecule has 0 bridgehead atoms. The van der Waals surface area contributed by atoms with Gasteiger partial charge < -0.3 is 11.1 Å². The van der Waals surface area contributed by atoms with Crippen LogP contribution >= 0.6 is 0 Å². The van der Waals surface area contributed by atoms with Crippen molar-refractivity contribution < 1.29 is 4.79 Å². The fraction of sp³-hybridized carbons (Fsp3) is 0.923. The summed E-state index contributed by atoms with van der Waals surface area (Å²) in [6, 6.07) is 0.0298. The van der Waals surface area contributed by atoms with E-state index in [4.69, 9.17) is 5.73 Å². The Labute approximate surface area is 105 Å². The predicted octanol–water partition coefficient (Wildman–Crippen LogP) is 0.960. The Morgan fingerprint density at radius 1 is 1.24 bits per heavy atom. The molecule has 4 nitrogen and oxygen atoms in total. The van der Waals surface area contributed by atoms with E-state index in [1.807, 2.05) is 13.8 Å². The van der Waals surface area contributed by atoms with Crippen molar-refractivity contribution in [1.29, 1.82) is 0 Å². The predicted molar refractivity (Wildman–Crippen MR) is 70.7 cm³/mol. The summed E-state index contributed by atoms with van der Waals surface area (Å²) in [6.07, 6.45) is 3.90. The van der Waals surface area contributed by atoms with Crippen LogP contribution in [0.4, 0.5) is 0 Å². The van der Waals surface area contributed by atoms with Gasteiger partial charge in [0.1, 0.15) is 0 Å². The van der Waals surface area contributed by atoms with Crippen LogP contribution in [-0.2, 0) is 4.79 Å². The second-order valence-corrected chi connectivity index (χ2v) is 5.46. The van der Waals surface area contributed by atoms with Crippen LogP contribution in [0.15, 0.2) is 0 Å². The van der Waals surface area contributed by atoms with E-state index in [1.165, 1.54) is 19.3 Å². The standard InChI is InChI=1S/C13H27N3O/c1-10(2)12(14)13(17)15-9-11(3)16-7-5-4-6-8-16/h10-12H,4-9,14H2,1-3H3,(H,15,17). The van der Waals surface area contributed by atoms with Gasteiger partial charge in [-0.1, -0.05) is 20.3 Å². The molecule has 1 fully saturated rings. The van der Waals surface area contributed by atoms with Crippen molar-refractivity contribution in [2.24, 2.45) is 11.7 Å². The summed E-state index contributed by atoms with van der Waals surface area (Å²) < 4.78 is 0. The number of nitrogens with two attached hydrogens (primary N) is 1. The third-order valence-corrected chi connectivity index (χ3v) is 3.61. The number of carbonyl (C=O) groups is 1. The van der Waals surface area contributed by atoms with E-state index >= 15 is 0 Å². The lowest BCUT2D eigenvalue weighted by Gasteiger charge is -2.32. The van der Waals surface area contributed by atoms with Crippen LogP contribution in [-0.4, -0.2) is 42.5 Å². The van der Waals surface area contributed by atoms with Gasteiger partial charge in [0, 0.05) is 12.6 Å². The van der Waals surface area contributed by atoms with E-state index in [0.717, 1.165) is 13.1 Å². The number of nitrogens with zero attached hydrogens (tertiary/aromatic N) is 1. The summed E-state index contributed by atoms with van der Waals surface area (Å²) >= 11 is 0. The molecule has 1 heterocycles. The van der Waals surface area contributed by atoms with Crippen molar-refractivity contribution in [2.45, 2.75) is 52.1 Å². The highest BCUT2D eigenvalue weighted by Crippen LogP contribution is 2.11. The molecule has 3 N–H and O–H groups in total. The lowest BCUT2D eigenvalue weighted by atomic mass is 10.0. The van der Waals surface area contributed by atoms with E-state index in [0.29, 0.717) is 12.6 Å². The molecule has 1 rings (SSSR count). The maximum atomic E-state index is 11.7. The highest BCUT2D eigenvalue weighted by molar-refractivity contribution is 5.81. The van der Waals surface area contributed by atoms with Gasteiger partial charge in [-0.3, -0.25) is 9.69 Å². The molecule has 1 saturated heterocycles. The molecular weight excluding hydrogens is 214 g/mol. The molecule has 1 amide bonds. The molecule has 0 aliphatic carbocycles. The number of nitrogens with one attached hydrogen (secondary N) is 1. The average molecular weight is 241 g/mol. The maximum Gasteiger partial charge on any atom is 0.237 e. The van der Waals surface area contributed by atoms with Crippen LogP contribution in [0.25, 0.3) is 0 Å². The molecule has 0 aromatic rings. The molecule has 1 aliphatic rings. The summed E-state index contributed by atoms with van der Waals surface area (Å²) in [5, 5.41) is 2.96. The third kappa shape index (κ3) is 4.64. The molecule has 2 atom stereocenters. The summed E-state index contributed by atoms with van der Waals surface area (Å²) in [6.45, 7) is 9.14. The molecule has 100 valence electrons. The Kier molecular flexibility index (Phi) is 5.92. The van der Waals surface area contributed by atoms with Gasteiger partial charge in [0.15, 0.2) is 0 Å². The first kappa shape index (κ1) is 14.5. The number of hydrogen-bond acceptors (Lipinski definition) is 3. The van der Waals surface area contributed by atoms with Crippen molar-refractivity contribution in [3.05, 3.63) is 0 Å². The van der Waals surface area contributed by atoms with Gasteiger partial charge in [0.2, 0.25) is 5.91 Å². The highest BCUT2D eigenvalue weighted by atomic mass is 16.2. The molecule has 0 saturated carbocycles. The molecule has 2 unspecified atom stereocenters. The first-order valence-corrected chi connectivity index (χ1v) is 6.79. The maximum absolute atomic E-state index is 11.7. The van der Waals surface area contributed by atoms with Gasteiger partial charge in [0.25, 0.3) is 0 Å². The van der Waals surface area contributed by atoms with Gasteiger partial charge in [-0.15, -0.1) is 0 Å². The van der Waals surface area contributed by atoms with Crippen LogP contribution in [0.1, 0.15) is 40.0 Å². The number of piperidine rings is 1. The van der Waals surface area contributed by atoms with Gasteiger partial charge in [-0.25, -0.2) is 0 Å². The molecule has 4 heteroatoms. The fourth-order valence-electron chi connectivity index (χ4n) is 2.16. The second kappa shape index (κ2) is 6.97. The minimum Gasteiger partial charge on any atom is -0.353 e. The van der Waals surface area contributed by atoms with Crippen molar-refractivity contribution in [2.75, 3.05) is 19.6 Å². The van der Waals surface area contributed by atoms with Gasteiger partial charge in [-0.05, 0) is 38.8 Å². The normalized spacial score (nSPS) is 21.2. The summed E-state index contributed by atoms with van der Waals surface area (Å²) in [5.41, 5.74) is 5.80. The van der Waals surface area contributed by atoms with E-state index in [2.05, 4.69) is 17.1 Å². The van der Waals surface area contributed by atoms with Crippen LogP contribution in [0, 0.1) is 5.92 Å². The van der Waals surface area contributed by atoms with Crippen molar-refractivity contribution >= 4 is 5.91 Å². The molecule has 0 aromatic heterocycles. The Balaban J connectivity index is 2.27. The van der Waals surface area contributed by atoms with Crippen LogP contribution in [0.5, 0.6) is 0 Å². The number of carbonyl (C=O) groups excluding carboxylic acids is 1. The first-order chi connectivity index (χ1) is 8.02. The lowest BCUT2D eigenvalue weighted by Crippen LogP contribution is -2.49. The number of likely N-dealkylation sites (tertiary alicyclic amines) is 1. The van der Waals surface area contributed by atoms with E-state index < -0.39 is 0 Å². The Morgan fingerprint density at radius 3 is 2.35 bits per heavy atom. The summed E-state index contributed by atoms with van der Waals surface area (Å²) in [5.74, 6) is 0.171. The molecule has 0 spiro atoms. The van der Waals surface area contributed by atoms with E-state index in [-0.39, 0.29) is 17.9 Å². The molecular formula is C13H27N3O. The number of amides is 1. The minimum atomic E-state index is -0.386. The Hall–Kier alpha value is -0.610.